The maximum absolute atomic E-state index is 13.3. The Balaban J connectivity index is 2.23. The largest absolute Gasteiger partial charge is 0.508 e. The fraction of sp³-hybridized carbons (Fsp3) is 0.440. The Kier molecular flexibility index (Phi) is 11.4. The SMILES string of the molecule is CC(C)CC(NC(=O)C(Cc1ccc(O)cc1)NC(=O)C(N)CC(N)=O)C(=O)NC(Cc1cnc[nH]1)C(=O)O. The van der Waals surface area contributed by atoms with Gasteiger partial charge in [-0.15, -0.1) is 0 Å². The molecule has 2 rings (SSSR count). The molecule has 14 nitrogen and oxygen atoms in total. The van der Waals surface area contributed by atoms with Crippen LogP contribution in [-0.4, -0.2) is 73.9 Å². The number of carboxylic acid groups (broad SMARTS) is 1. The zero-order valence-corrected chi connectivity index (χ0v) is 21.7. The smallest absolute Gasteiger partial charge is 0.326 e. The molecule has 4 atom stereocenters. The highest BCUT2D eigenvalue weighted by Crippen LogP contribution is 2.13. The van der Waals surface area contributed by atoms with E-state index in [0.717, 1.165) is 0 Å². The van der Waals surface area contributed by atoms with Gasteiger partial charge in [-0.2, -0.15) is 0 Å². The van der Waals surface area contributed by atoms with Crippen molar-refractivity contribution in [2.75, 3.05) is 0 Å². The number of phenolic OH excluding ortho intramolecular Hbond substituents is 1. The maximum atomic E-state index is 13.3. The van der Waals surface area contributed by atoms with E-state index in [9.17, 15) is 34.2 Å². The fourth-order valence-corrected chi connectivity index (χ4v) is 3.73. The average molecular weight is 546 g/mol. The van der Waals surface area contributed by atoms with E-state index in [4.69, 9.17) is 11.5 Å². The summed E-state index contributed by atoms with van der Waals surface area (Å²) in [7, 11) is 0. The number of nitrogens with one attached hydrogen (secondary N) is 4. The first-order chi connectivity index (χ1) is 18.3. The summed E-state index contributed by atoms with van der Waals surface area (Å²) in [6.07, 6.45) is 2.47. The van der Waals surface area contributed by atoms with Crippen molar-refractivity contribution < 1.29 is 34.2 Å². The molecule has 0 fully saturated rings. The van der Waals surface area contributed by atoms with Crippen LogP contribution in [0.15, 0.2) is 36.8 Å². The Morgan fingerprint density at radius 3 is 2.05 bits per heavy atom. The van der Waals surface area contributed by atoms with Gasteiger partial charge >= 0.3 is 5.97 Å². The summed E-state index contributed by atoms with van der Waals surface area (Å²) in [6.45, 7) is 3.65. The lowest BCUT2D eigenvalue weighted by Crippen LogP contribution is -2.58. The molecule has 0 radical (unpaired) electrons. The predicted molar refractivity (Wildman–Crippen MR) is 139 cm³/mol. The van der Waals surface area contributed by atoms with Gasteiger partial charge in [-0.25, -0.2) is 9.78 Å². The van der Waals surface area contributed by atoms with Crippen LogP contribution in [0.3, 0.4) is 0 Å². The molecule has 0 aliphatic rings. The molecule has 14 heteroatoms. The number of carbonyl (C=O) groups excluding carboxylic acids is 4. The van der Waals surface area contributed by atoms with Crippen molar-refractivity contribution in [1.82, 2.24) is 25.9 Å². The van der Waals surface area contributed by atoms with Crippen molar-refractivity contribution in [2.45, 2.75) is 63.7 Å². The number of phenols is 1. The number of benzene rings is 1. The lowest BCUT2D eigenvalue weighted by Gasteiger charge is -2.26. The van der Waals surface area contributed by atoms with Crippen molar-refractivity contribution >= 4 is 29.6 Å². The van der Waals surface area contributed by atoms with E-state index in [1.54, 1.807) is 12.1 Å². The Bertz CT molecular complexity index is 1140. The van der Waals surface area contributed by atoms with Crippen molar-refractivity contribution in [3.05, 3.63) is 48.0 Å². The number of aliphatic carboxylic acids is 1. The van der Waals surface area contributed by atoms with Gasteiger partial charge in [0.1, 0.15) is 23.9 Å². The number of rotatable bonds is 15. The quantitative estimate of drug-likeness (QED) is 0.132. The minimum atomic E-state index is -1.30. The van der Waals surface area contributed by atoms with Crippen molar-refractivity contribution in [3.63, 3.8) is 0 Å². The van der Waals surface area contributed by atoms with E-state index in [1.807, 2.05) is 13.8 Å². The zero-order chi connectivity index (χ0) is 29.1. The zero-order valence-electron chi connectivity index (χ0n) is 21.7. The Hall–Kier alpha value is -4.46. The lowest BCUT2D eigenvalue weighted by molar-refractivity contribution is -0.142. The second-order valence-corrected chi connectivity index (χ2v) is 9.58. The summed E-state index contributed by atoms with van der Waals surface area (Å²) < 4.78 is 0. The normalized spacial score (nSPS) is 14.1. The Morgan fingerprint density at radius 1 is 0.923 bits per heavy atom. The summed E-state index contributed by atoms with van der Waals surface area (Å²) in [5.74, 6) is -4.38. The van der Waals surface area contributed by atoms with Crippen molar-refractivity contribution in [1.29, 1.82) is 0 Å². The Morgan fingerprint density at radius 2 is 1.51 bits per heavy atom. The van der Waals surface area contributed by atoms with Gasteiger partial charge in [-0.05, 0) is 30.0 Å². The molecule has 0 aliphatic heterocycles. The van der Waals surface area contributed by atoms with E-state index in [1.165, 1.54) is 24.7 Å². The first kappa shape index (κ1) is 30.8. The first-order valence-electron chi connectivity index (χ1n) is 12.3. The number of hydrogen-bond donors (Lipinski definition) is 8. The molecule has 0 saturated heterocycles. The third-order valence-electron chi connectivity index (χ3n) is 5.70. The highest BCUT2D eigenvalue weighted by atomic mass is 16.4. The topological polar surface area (TPSA) is 243 Å². The molecule has 0 bridgehead atoms. The van der Waals surface area contributed by atoms with Gasteiger partial charge in [-0.1, -0.05) is 26.0 Å². The molecule has 10 N–H and O–H groups in total. The highest BCUT2D eigenvalue weighted by molar-refractivity contribution is 5.95. The van der Waals surface area contributed by atoms with E-state index < -0.39 is 60.2 Å². The lowest BCUT2D eigenvalue weighted by atomic mass is 10.00. The van der Waals surface area contributed by atoms with E-state index in [2.05, 4.69) is 25.9 Å². The molecule has 1 heterocycles. The van der Waals surface area contributed by atoms with Gasteiger partial charge in [0, 0.05) is 24.7 Å². The van der Waals surface area contributed by atoms with Crippen LogP contribution in [0.5, 0.6) is 5.75 Å². The van der Waals surface area contributed by atoms with Crippen molar-refractivity contribution in [3.8, 4) is 5.75 Å². The van der Waals surface area contributed by atoms with Crippen LogP contribution >= 0.6 is 0 Å². The van der Waals surface area contributed by atoms with Gasteiger partial charge < -0.3 is 42.6 Å². The molecule has 0 spiro atoms. The first-order valence-corrected chi connectivity index (χ1v) is 12.3. The fourth-order valence-electron chi connectivity index (χ4n) is 3.73. The standard InChI is InChI=1S/C25H35N7O7/c1-13(2)7-18(23(36)32-20(25(38)39)9-15-11-28-12-29-15)31-24(37)19(8-14-3-5-16(33)6-4-14)30-22(35)17(26)10-21(27)34/h3-6,11-13,17-20,33H,7-10,26H2,1-2H3,(H2,27,34)(H,28,29)(H,30,35)(H,31,37)(H,32,36)(H,38,39). The number of aromatic hydroxyl groups is 1. The molecular weight excluding hydrogens is 510 g/mol. The van der Waals surface area contributed by atoms with Gasteiger partial charge in [-0.3, -0.25) is 19.2 Å². The number of nitrogens with two attached hydrogens (primary N) is 2. The molecule has 1 aromatic heterocycles. The summed E-state index contributed by atoms with van der Waals surface area (Å²) in [5.41, 5.74) is 11.9. The van der Waals surface area contributed by atoms with Crippen LogP contribution in [0.2, 0.25) is 0 Å². The van der Waals surface area contributed by atoms with Crippen LogP contribution in [0, 0.1) is 5.92 Å². The second-order valence-electron chi connectivity index (χ2n) is 9.58. The van der Waals surface area contributed by atoms with Gasteiger partial charge in [0.15, 0.2) is 0 Å². The molecule has 39 heavy (non-hydrogen) atoms. The number of aromatic amines is 1. The second kappa shape index (κ2) is 14.5. The molecule has 4 unspecified atom stereocenters. The highest BCUT2D eigenvalue weighted by Gasteiger charge is 2.31. The number of imidazole rings is 1. The number of amides is 4. The van der Waals surface area contributed by atoms with Gasteiger partial charge in [0.05, 0.1) is 18.8 Å². The van der Waals surface area contributed by atoms with Crippen LogP contribution < -0.4 is 27.4 Å². The van der Waals surface area contributed by atoms with Crippen molar-refractivity contribution in [2.24, 2.45) is 17.4 Å². The summed E-state index contributed by atoms with van der Waals surface area (Å²) in [6, 6.07) is 0.989. The minimum absolute atomic E-state index is 0.00375. The van der Waals surface area contributed by atoms with E-state index in [-0.39, 0.29) is 30.9 Å². The monoisotopic (exact) mass is 545 g/mol. The number of carboxylic acids is 1. The minimum Gasteiger partial charge on any atom is -0.508 e. The number of nitrogens with zero attached hydrogens (tertiary/aromatic N) is 1. The van der Waals surface area contributed by atoms with Crippen LogP contribution in [0.1, 0.15) is 37.9 Å². The molecule has 212 valence electrons. The number of aromatic nitrogens is 2. The number of H-pyrrole nitrogens is 1. The van der Waals surface area contributed by atoms with Gasteiger partial charge in [0.2, 0.25) is 23.6 Å². The number of primary amides is 1. The molecular formula is C25H35N7O7. The predicted octanol–water partition coefficient (Wildman–Crippen LogP) is -1.31. The molecule has 0 aliphatic carbocycles. The third-order valence-corrected chi connectivity index (χ3v) is 5.70. The average Bonchev–Trinajstić information content (AvgIpc) is 3.36. The van der Waals surface area contributed by atoms with Crippen LogP contribution in [0.4, 0.5) is 0 Å². The van der Waals surface area contributed by atoms with Crippen LogP contribution in [-0.2, 0) is 36.8 Å². The Labute approximate surface area is 224 Å². The summed E-state index contributed by atoms with van der Waals surface area (Å²) >= 11 is 0. The van der Waals surface area contributed by atoms with Gasteiger partial charge in [0.25, 0.3) is 0 Å². The third kappa shape index (κ3) is 10.4. The maximum Gasteiger partial charge on any atom is 0.326 e. The van der Waals surface area contributed by atoms with Crippen LogP contribution in [0.25, 0.3) is 0 Å². The molecule has 2 aromatic rings. The summed E-state index contributed by atoms with van der Waals surface area (Å²) in [4.78, 5) is 68.6. The molecule has 4 amide bonds. The number of hydrogen-bond acceptors (Lipinski definition) is 8. The molecule has 1 aromatic carbocycles. The number of carbonyl (C=O) groups is 5. The van der Waals surface area contributed by atoms with E-state index >= 15 is 0 Å². The summed E-state index contributed by atoms with van der Waals surface area (Å²) in [5, 5.41) is 26.7. The molecule has 0 saturated carbocycles. The van der Waals surface area contributed by atoms with E-state index in [0.29, 0.717) is 11.3 Å².